The van der Waals surface area contributed by atoms with Gasteiger partial charge in [0, 0.05) is 37.5 Å². The third-order valence-corrected chi connectivity index (χ3v) is 11.3. The smallest absolute Gasteiger partial charge is 0.309 e. The highest BCUT2D eigenvalue weighted by Gasteiger charge is 2.38. The van der Waals surface area contributed by atoms with Crippen LogP contribution in [0.1, 0.15) is 107 Å². The van der Waals surface area contributed by atoms with Crippen LogP contribution in [0.25, 0.3) is 0 Å². The van der Waals surface area contributed by atoms with E-state index >= 15 is 0 Å². The minimum atomic E-state index is -1.07. The molecule has 290 valence electrons. The number of amides is 3. The summed E-state index contributed by atoms with van der Waals surface area (Å²) in [4.78, 5) is 61.6. The van der Waals surface area contributed by atoms with Crippen LogP contribution in [0.3, 0.4) is 0 Å². The number of nitrogens with one attached hydrogen (secondary N) is 2. The van der Waals surface area contributed by atoms with Crippen LogP contribution in [0.15, 0.2) is 35.7 Å². The molecule has 2 heterocycles. The number of carbonyl (C=O) groups is 4. The largest absolute Gasteiger partial charge is 0.481 e. The number of thiazole rings is 1. The van der Waals surface area contributed by atoms with E-state index in [4.69, 9.17) is 4.74 Å². The van der Waals surface area contributed by atoms with Crippen molar-refractivity contribution in [3.8, 4) is 0 Å². The fraction of sp³-hybridized carbons (Fsp3) is 0.667. The van der Waals surface area contributed by atoms with E-state index in [1.54, 1.807) is 31.2 Å². The van der Waals surface area contributed by atoms with Gasteiger partial charge in [0.15, 0.2) is 0 Å². The molecule has 4 N–H and O–H groups in total. The van der Waals surface area contributed by atoms with Crippen LogP contribution in [0.2, 0.25) is 0 Å². The highest BCUT2D eigenvalue weighted by Crippen LogP contribution is 2.29. The van der Waals surface area contributed by atoms with Crippen molar-refractivity contribution in [3.05, 3.63) is 52.0 Å². The van der Waals surface area contributed by atoms with E-state index in [0.29, 0.717) is 17.8 Å². The molecular weight excluding hydrogens is 683 g/mol. The summed E-state index contributed by atoms with van der Waals surface area (Å²) in [6.07, 6.45) is 3.19. The highest BCUT2D eigenvalue weighted by atomic mass is 32.1. The number of hydrogen-bond donors (Lipinski definition) is 4. The summed E-state index contributed by atoms with van der Waals surface area (Å²) in [7, 11) is 3.52. The van der Waals surface area contributed by atoms with Gasteiger partial charge in [-0.05, 0) is 70.5 Å². The number of aliphatic hydroxyl groups is 1. The van der Waals surface area contributed by atoms with Gasteiger partial charge in [0.1, 0.15) is 22.8 Å². The summed E-state index contributed by atoms with van der Waals surface area (Å²) in [5.74, 6) is -1.94. The molecule has 0 spiro atoms. The molecule has 1 aromatic carbocycles. The predicted octanol–water partition coefficient (Wildman–Crippen LogP) is 4.92. The molecule has 1 aliphatic rings. The Labute approximate surface area is 313 Å². The van der Waals surface area contributed by atoms with Crippen LogP contribution in [-0.4, -0.2) is 107 Å². The lowest BCUT2D eigenvalue weighted by Gasteiger charge is -2.39. The monoisotopic (exact) mass is 743 g/mol. The number of benzene rings is 1. The Bertz CT molecular complexity index is 1450. The van der Waals surface area contributed by atoms with E-state index in [1.165, 1.54) is 0 Å². The van der Waals surface area contributed by atoms with E-state index in [1.807, 2.05) is 65.1 Å². The second-order valence-electron chi connectivity index (χ2n) is 15.3. The van der Waals surface area contributed by atoms with Gasteiger partial charge >= 0.3 is 5.97 Å². The van der Waals surface area contributed by atoms with Crippen molar-refractivity contribution in [1.29, 1.82) is 0 Å². The van der Waals surface area contributed by atoms with Crippen LogP contribution in [0.4, 0.5) is 0 Å². The summed E-state index contributed by atoms with van der Waals surface area (Å²) in [5.41, 5.74) is 0.0231. The lowest BCUT2D eigenvalue weighted by molar-refractivity contribution is -0.147. The zero-order valence-electron chi connectivity index (χ0n) is 32.3. The normalized spacial score (nSPS) is 18.2. The van der Waals surface area contributed by atoms with Gasteiger partial charge in [0.2, 0.25) is 11.8 Å². The van der Waals surface area contributed by atoms with Crippen molar-refractivity contribution in [2.24, 2.45) is 17.3 Å². The van der Waals surface area contributed by atoms with Crippen LogP contribution >= 0.6 is 11.3 Å². The van der Waals surface area contributed by atoms with Crippen molar-refractivity contribution in [2.75, 3.05) is 33.9 Å². The lowest BCUT2D eigenvalue weighted by atomic mass is 9.84. The van der Waals surface area contributed by atoms with Gasteiger partial charge < -0.3 is 30.5 Å². The molecular formula is C39H61N5O7S. The number of aliphatic carboxylic acids is 1. The van der Waals surface area contributed by atoms with Crippen LogP contribution in [0.5, 0.6) is 0 Å². The average Bonchev–Trinajstić information content (AvgIpc) is 3.61. The number of hydrogen-bond acceptors (Lipinski definition) is 9. The molecule has 2 aromatic rings. The fourth-order valence-electron chi connectivity index (χ4n) is 6.82. The molecule has 0 saturated carbocycles. The number of likely N-dealkylation sites (N-methyl/N-ethyl adjacent to an activating group) is 1. The molecule has 0 aliphatic carbocycles. The van der Waals surface area contributed by atoms with Crippen molar-refractivity contribution in [1.82, 2.24) is 25.4 Å². The first kappa shape index (κ1) is 43.0. The van der Waals surface area contributed by atoms with Crippen LogP contribution in [0, 0.1) is 17.3 Å². The van der Waals surface area contributed by atoms with Gasteiger partial charge in [-0.2, -0.15) is 0 Å². The topological polar surface area (TPSA) is 161 Å². The molecule has 12 nitrogen and oxygen atoms in total. The van der Waals surface area contributed by atoms with Gasteiger partial charge in [-0.15, -0.1) is 11.3 Å². The Morgan fingerprint density at radius 3 is 2.40 bits per heavy atom. The number of carboxylic acids is 1. The maximum absolute atomic E-state index is 14.4. The number of carboxylic acid groups (broad SMARTS) is 1. The third-order valence-electron chi connectivity index (χ3n) is 10.3. The Morgan fingerprint density at radius 2 is 1.81 bits per heavy atom. The first-order chi connectivity index (χ1) is 24.6. The summed E-state index contributed by atoms with van der Waals surface area (Å²) in [6.45, 7) is 12.6. The van der Waals surface area contributed by atoms with Crippen LogP contribution < -0.4 is 10.6 Å². The predicted molar refractivity (Wildman–Crippen MR) is 203 cm³/mol. The van der Waals surface area contributed by atoms with Gasteiger partial charge in [-0.25, -0.2) is 4.98 Å². The number of aliphatic hydroxyl groups excluding tert-OH is 1. The standard InChI is InChI=1S/C39H61N5O7S/c1-9-26(4)33(42-35(47)30-17-13-14-18-43(30)7)37(48)44(19-20-51-8)31(25(2)3)22-32(45)36-41-29(24-52-36)34(46)40-28(23-39(5,6)38(49)50)21-27-15-11-10-12-16-27/h10-12,15-16,24-26,28,30-33,45H,9,13-14,17-23H2,1-8H3,(H,40,46)(H,42,47)(H,49,50)/t26-,28-,30+,31-,32-,33+/m1/s1. The van der Waals surface area contributed by atoms with Crippen molar-refractivity contribution < 1.29 is 34.1 Å². The maximum Gasteiger partial charge on any atom is 0.309 e. The van der Waals surface area contributed by atoms with E-state index < -0.39 is 41.5 Å². The number of rotatable bonds is 20. The average molecular weight is 744 g/mol. The molecule has 1 saturated heterocycles. The van der Waals surface area contributed by atoms with Crippen molar-refractivity contribution >= 4 is 35.0 Å². The summed E-state index contributed by atoms with van der Waals surface area (Å²) < 4.78 is 5.40. The highest BCUT2D eigenvalue weighted by molar-refractivity contribution is 7.09. The zero-order valence-corrected chi connectivity index (χ0v) is 33.1. The number of nitrogens with zero attached hydrogens (tertiary/aromatic N) is 3. The van der Waals surface area contributed by atoms with E-state index in [-0.39, 0.29) is 61.4 Å². The van der Waals surface area contributed by atoms with E-state index in [2.05, 4.69) is 20.5 Å². The molecule has 1 aromatic heterocycles. The summed E-state index contributed by atoms with van der Waals surface area (Å²) >= 11 is 1.16. The number of carbonyl (C=O) groups excluding carboxylic acids is 3. The summed E-state index contributed by atoms with van der Waals surface area (Å²) in [6, 6.07) is 7.65. The first-order valence-corrected chi connectivity index (χ1v) is 19.5. The minimum Gasteiger partial charge on any atom is -0.481 e. The van der Waals surface area contributed by atoms with Crippen molar-refractivity contribution in [3.63, 3.8) is 0 Å². The molecule has 0 unspecified atom stereocenters. The SMILES string of the molecule is CC[C@@H](C)[C@H](NC(=O)[C@@H]1CCCCN1C)C(=O)N(CCOC)[C@H](C[C@@H](O)c1nc(C(=O)N[C@H](Cc2ccccc2)CC(C)(C)C(=O)O)cs1)C(C)C. The Balaban J connectivity index is 1.80. The van der Waals surface area contributed by atoms with Crippen LogP contribution in [-0.2, 0) is 25.5 Å². The van der Waals surface area contributed by atoms with Crippen molar-refractivity contribution in [2.45, 2.75) is 117 Å². The molecule has 3 amide bonds. The molecule has 52 heavy (non-hydrogen) atoms. The molecule has 0 bridgehead atoms. The Morgan fingerprint density at radius 1 is 1.12 bits per heavy atom. The molecule has 3 rings (SSSR count). The molecule has 0 radical (unpaired) electrons. The molecule has 13 heteroatoms. The zero-order chi connectivity index (χ0) is 38.6. The Kier molecular flexibility index (Phi) is 16.7. The second kappa shape index (κ2) is 20.2. The molecule has 6 atom stereocenters. The quantitative estimate of drug-likeness (QED) is 0.148. The maximum atomic E-state index is 14.4. The van der Waals surface area contributed by atoms with E-state index in [0.717, 1.165) is 42.7 Å². The second-order valence-corrected chi connectivity index (χ2v) is 16.2. The number of aromatic nitrogens is 1. The number of methoxy groups -OCH3 is 1. The van der Waals surface area contributed by atoms with Gasteiger partial charge in [0.25, 0.3) is 5.91 Å². The lowest BCUT2D eigenvalue weighted by Crippen LogP contribution is -2.59. The number of piperidine rings is 1. The number of ether oxygens (including phenoxy) is 1. The first-order valence-electron chi connectivity index (χ1n) is 18.6. The third kappa shape index (κ3) is 12.1. The molecule has 1 aliphatic heterocycles. The van der Waals surface area contributed by atoms with Gasteiger partial charge in [-0.3, -0.25) is 24.1 Å². The molecule has 1 fully saturated rings. The van der Waals surface area contributed by atoms with E-state index in [9.17, 15) is 29.4 Å². The van der Waals surface area contributed by atoms with Gasteiger partial charge in [-0.1, -0.05) is 70.9 Å². The van der Waals surface area contributed by atoms with Gasteiger partial charge in [0.05, 0.1) is 18.1 Å². The number of likely N-dealkylation sites (tertiary alicyclic amines) is 1. The Hall–Kier alpha value is -3.39. The minimum absolute atomic E-state index is 0.0627. The fourth-order valence-corrected chi connectivity index (χ4v) is 7.61. The summed E-state index contributed by atoms with van der Waals surface area (Å²) in [5, 5.41) is 29.3.